The molecule has 7 nitrogen and oxygen atoms in total. The van der Waals surface area contributed by atoms with Crippen LogP contribution in [0.2, 0.25) is 5.02 Å². The number of aliphatic hydroxyl groups is 2. The van der Waals surface area contributed by atoms with Gasteiger partial charge in [0.15, 0.2) is 0 Å². The van der Waals surface area contributed by atoms with Gasteiger partial charge in [0.25, 0.3) is 0 Å². The van der Waals surface area contributed by atoms with Crippen molar-refractivity contribution in [3.63, 3.8) is 0 Å². The molecule has 1 amide bonds. The molecule has 1 aromatic heterocycles. The first-order valence-electron chi connectivity index (χ1n) is 13.1. The molecule has 212 valence electrons. The van der Waals surface area contributed by atoms with Crippen LogP contribution in [0.4, 0.5) is 5.69 Å². The fraction of sp³-hybridized carbons (Fsp3) is 0.323. The number of hydrogen-bond donors (Lipinski definition) is 3. The highest BCUT2D eigenvalue weighted by Crippen LogP contribution is 2.38. The Hall–Kier alpha value is -2.88. The molecule has 1 atom stereocenters. The average molecular weight is 629 g/mol. The van der Waals surface area contributed by atoms with Crippen LogP contribution in [0.15, 0.2) is 71.2 Å². The van der Waals surface area contributed by atoms with Gasteiger partial charge in [0.2, 0.25) is 6.41 Å². The molecule has 5 rings (SSSR count). The summed E-state index contributed by atoms with van der Waals surface area (Å²) in [7, 11) is 3.85. The largest absolute Gasteiger partial charge is 0.493 e. The zero-order chi connectivity index (χ0) is 28.9. The minimum absolute atomic E-state index is 0.117. The van der Waals surface area contributed by atoms with E-state index in [9.17, 15) is 15.0 Å². The van der Waals surface area contributed by atoms with Gasteiger partial charge in [-0.1, -0.05) is 46.6 Å². The number of nitrogens with one attached hydrogen (secondary N) is 1. The number of H-pyrrole nitrogens is 1. The first-order chi connectivity index (χ1) is 19.2. The standard InChI is InChI=1S/C23H27BrN2O3.C8H8ClNO/c1-23(12-27,13-28)14-29-17-6-3-15(4-7-17)22-21-18(9-10-26(22)2)19-11-16(24)5-8-20(19)25-21;1-10(6-11)8-4-2-7(9)3-5-8/h3-8,11,22,25,27-28H,9-10,12-14H2,1-2H3;2-6H,1H3. The third-order valence-electron chi connectivity index (χ3n) is 7.27. The molecule has 1 unspecified atom stereocenters. The van der Waals surface area contributed by atoms with Gasteiger partial charge in [-0.05, 0) is 79.2 Å². The number of rotatable bonds is 8. The SMILES string of the molecule is CN(C=O)c1ccc(Cl)cc1.CN1CCc2c([nH]c3ccc(Br)cc23)C1c1ccc(OCC(C)(CO)CO)cc1. The number of anilines is 1. The Kier molecular flexibility index (Phi) is 9.92. The van der Waals surface area contributed by atoms with Crippen LogP contribution in [0.3, 0.4) is 0 Å². The molecular weight excluding hydrogens is 594 g/mol. The number of aliphatic hydroxyl groups excluding tert-OH is 2. The molecule has 0 aliphatic carbocycles. The van der Waals surface area contributed by atoms with Gasteiger partial charge >= 0.3 is 0 Å². The first-order valence-corrected chi connectivity index (χ1v) is 14.2. The van der Waals surface area contributed by atoms with Crippen LogP contribution in [0.25, 0.3) is 10.9 Å². The Morgan fingerprint density at radius 3 is 2.42 bits per heavy atom. The molecule has 0 bridgehead atoms. The quantitative estimate of drug-likeness (QED) is 0.214. The third kappa shape index (κ3) is 6.87. The van der Waals surface area contributed by atoms with E-state index < -0.39 is 5.41 Å². The summed E-state index contributed by atoms with van der Waals surface area (Å²) in [6.07, 6.45) is 1.78. The Morgan fingerprint density at radius 1 is 1.12 bits per heavy atom. The van der Waals surface area contributed by atoms with Gasteiger partial charge in [-0.2, -0.15) is 0 Å². The number of fused-ring (bicyclic) bond motifs is 3. The zero-order valence-electron chi connectivity index (χ0n) is 22.9. The molecular formula is C31H35BrClN3O4. The number of aromatic nitrogens is 1. The molecule has 3 aromatic carbocycles. The number of ether oxygens (including phenoxy) is 1. The second-order valence-electron chi connectivity index (χ2n) is 10.5. The number of halogens is 2. The van der Waals surface area contributed by atoms with Gasteiger partial charge in [0.1, 0.15) is 5.75 Å². The Bertz CT molecular complexity index is 1420. The lowest BCUT2D eigenvalue weighted by atomic mass is 9.93. The molecule has 3 N–H and O–H groups in total. The summed E-state index contributed by atoms with van der Waals surface area (Å²) in [4.78, 5) is 17.8. The van der Waals surface area contributed by atoms with Gasteiger partial charge in [-0.3, -0.25) is 9.69 Å². The molecule has 0 saturated carbocycles. The number of benzene rings is 3. The highest BCUT2D eigenvalue weighted by Gasteiger charge is 2.29. The summed E-state index contributed by atoms with van der Waals surface area (Å²) in [6.45, 7) is 2.83. The fourth-order valence-electron chi connectivity index (χ4n) is 4.68. The number of likely N-dealkylation sites (N-methyl/N-ethyl adjacent to an activating group) is 1. The number of hydrogen-bond acceptors (Lipinski definition) is 5. The van der Waals surface area contributed by atoms with E-state index in [1.54, 1.807) is 38.2 Å². The molecule has 0 saturated heterocycles. The molecule has 40 heavy (non-hydrogen) atoms. The van der Waals surface area contributed by atoms with Crippen LogP contribution in [-0.4, -0.2) is 67.0 Å². The molecule has 2 heterocycles. The van der Waals surface area contributed by atoms with Gasteiger partial charge < -0.3 is 24.8 Å². The van der Waals surface area contributed by atoms with Gasteiger partial charge in [0, 0.05) is 50.8 Å². The topological polar surface area (TPSA) is 89.0 Å². The Morgan fingerprint density at radius 2 is 1.80 bits per heavy atom. The number of nitrogens with zero attached hydrogens (tertiary/aromatic N) is 2. The van der Waals surface area contributed by atoms with E-state index in [4.69, 9.17) is 16.3 Å². The Labute approximate surface area is 248 Å². The van der Waals surface area contributed by atoms with E-state index in [-0.39, 0.29) is 25.9 Å². The molecule has 9 heteroatoms. The van der Waals surface area contributed by atoms with Crippen molar-refractivity contribution in [3.05, 3.63) is 93.0 Å². The van der Waals surface area contributed by atoms with E-state index in [1.807, 2.05) is 12.1 Å². The Balaban J connectivity index is 0.000000283. The maximum atomic E-state index is 10.3. The minimum atomic E-state index is -0.643. The van der Waals surface area contributed by atoms with Crippen LogP contribution in [0, 0.1) is 5.41 Å². The van der Waals surface area contributed by atoms with Crippen molar-refractivity contribution >= 4 is 50.5 Å². The molecule has 1 aliphatic heterocycles. The van der Waals surface area contributed by atoms with Crippen LogP contribution in [0.1, 0.15) is 29.8 Å². The van der Waals surface area contributed by atoms with Crippen molar-refractivity contribution in [2.24, 2.45) is 5.41 Å². The number of carbonyl (C=O) groups excluding carboxylic acids is 1. The number of amides is 1. The van der Waals surface area contributed by atoms with Crippen LogP contribution in [-0.2, 0) is 11.2 Å². The second kappa shape index (κ2) is 13.2. The second-order valence-corrected chi connectivity index (χ2v) is 11.9. The predicted octanol–water partition coefficient (Wildman–Crippen LogP) is 5.81. The molecule has 4 aromatic rings. The van der Waals surface area contributed by atoms with E-state index in [1.165, 1.54) is 32.6 Å². The van der Waals surface area contributed by atoms with Crippen LogP contribution < -0.4 is 9.64 Å². The van der Waals surface area contributed by atoms with Crippen molar-refractivity contribution in [2.45, 2.75) is 19.4 Å². The lowest BCUT2D eigenvalue weighted by Crippen LogP contribution is -2.33. The van der Waals surface area contributed by atoms with Crippen LogP contribution >= 0.6 is 27.5 Å². The monoisotopic (exact) mass is 627 g/mol. The van der Waals surface area contributed by atoms with E-state index >= 15 is 0 Å². The summed E-state index contributed by atoms with van der Waals surface area (Å²) >= 11 is 9.25. The predicted molar refractivity (Wildman–Crippen MR) is 164 cm³/mol. The van der Waals surface area contributed by atoms with Crippen LogP contribution in [0.5, 0.6) is 5.75 Å². The van der Waals surface area contributed by atoms with Crippen molar-refractivity contribution in [1.82, 2.24) is 9.88 Å². The smallest absolute Gasteiger partial charge is 0.213 e. The average Bonchev–Trinajstić information content (AvgIpc) is 3.34. The summed E-state index contributed by atoms with van der Waals surface area (Å²) < 4.78 is 6.90. The summed E-state index contributed by atoms with van der Waals surface area (Å²) in [5.74, 6) is 0.737. The normalized spacial score (nSPS) is 15.2. The highest BCUT2D eigenvalue weighted by molar-refractivity contribution is 9.10. The van der Waals surface area contributed by atoms with Crippen molar-refractivity contribution in [3.8, 4) is 5.75 Å². The molecule has 0 spiro atoms. The van der Waals surface area contributed by atoms with Gasteiger partial charge in [-0.15, -0.1) is 0 Å². The van der Waals surface area contributed by atoms with Gasteiger partial charge in [-0.25, -0.2) is 0 Å². The number of aromatic amines is 1. The lowest BCUT2D eigenvalue weighted by molar-refractivity contribution is -0.107. The van der Waals surface area contributed by atoms with E-state index in [0.29, 0.717) is 5.02 Å². The summed E-state index contributed by atoms with van der Waals surface area (Å²) in [6, 6.07) is 21.8. The fourth-order valence-corrected chi connectivity index (χ4v) is 5.17. The van der Waals surface area contributed by atoms with Gasteiger partial charge in [0.05, 0.1) is 25.9 Å². The number of carbonyl (C=O) groups is 1. The first kappa shape index (κ1) is 30.1. The van der Waals surface area contributed by atoms with Crippen molar-refractivity contribution in [2.75, 3.05) is 45.4 Å². The molecule has 0 fully saturated rings. The van der Waals surface area contributed by atoms with E-state index in [0.717, 1.165) is 35.3 Å². The maximum Gasteiger partial charge on any atom is 0.213 e. The molecule has 1 aliphatic rings. The minimum Gasteiger partial charge on any atom is -0.493 e. The van der Waals surface area contributed by atoms with Crippen molar-refractivity contribution < 1.29 is 19.7 Å². The summed E-state index contributed by atoms with van der Waals surface area (Å²) in [5, 5.41) is 20.8. The van der Waals surface area contributed by atoms with E-state index in [2.05, 4.69) is 63.2 Å². The molecule has 0 radical (unpaired) electrons. The maximum absolute atomic E-state index is 10.3. The highest BCUT2D eigenvalue weighted by atomic mass is 79.9. The zero-order valence-corrected chi connectivity index (χ0v) is 25.2. The third-order valence-corrected chi connectivity index (χ3v) is 8.01. The van der Waals surface area contributed by atoms with Crippen molar-refractivity contribution in [1.29, 1.82) is 0 Å². The lowest BCUT2D eigenvalue weighted by Gasteiger charge is -2.33. The summed E-state index contributed by atoms with van der Waals surface area (Å²) in [5.41, 5.74) is 5.23.